The third kappa shape index (κ3) is 2.91. The molecule has 0 amide bonds. The molecule has 1 saturated carbocycles. The van der Waals surface area contributed by atoms with Crippen molar-refractivity contribution in [2.75, 3.05) is 0 Å². The lowest BCUT2D eigenvalue weighted by atomic mass is 9.87. The number of hydrogen-bond acceptors (Lipinski definition) is 2. The van der Waals surface area contributed by atoms with Crippen molar-refractivity contribution in [2.24, 2.45) is 0 Å². The Kier molecular flexibility index (Phi) is 3.57. The van der Waals surface area contributed by atoms with Crippen LogP contribution in [0.3, 0.4) is 0 Å². The van der Waals surface area contributed by atoms with Crippen molar-refractivity contribution in [3.05, 3.63) is 29.8 Å². The summed E-state index contributed by atoms with van der Waals surface area (Å²) in [6.45, 7) is 6.40. The average molecular weight is 262 g/mol. The van der Waals surface area contributed by atoms with Crippen molar-refractivity contribution < 1.29 is 14.6 Å². The van der Waals surface area contributed by atoms with Gasteiger partial charge in [-0.15, -0.1) is 0 Å². The highest BCUT2D eigenvalue weighted by Crippen LogP contribution is 2.36. The number of carboxylic acid groups (broad SMARTS) is 1. The van der Waals surface area contributed by atoms with Crippen LogP contribution in [0.1, 0.15) is 52.0 Å². The fraction of sp³-hybridized carbons (Fsp3) is 0.562. The minimum Gasteiger partial charge on any atom is -0.478 e. The normalized spacial score (nSPS) is 18.3. The van der Waals surface area contributed by atoms with Crippen molar-refractivity contribution in [1.29, 1.82) is 0 Å². The van der Waals surface area contributed by atoms with Crippen molar-refractivity contribution in [3.63, 3.8) is 0 Å². The van der Waals surface area contributed by atoms with Gasteiger partial charge in [-0.2, -0.15) is 0 Å². The number of hydrogen-bond donors (Lipinski definition) is 1. The maximum absolute atomic E-state index is 11.5. The molecule has 1 N–H and O–H groups in total. The first-order chi connectivity index (χ1) is 8.83. The van der Waals surface area contributed by atoms with E-state index in [0.717, 1.165) is 18.4 Å². The van der Waals surface area contributed by atoms with Crippen LogP contribution in [0, 0.1) is 0 Å². The number of rotatable bonds is 3. The zero-order valence-corrected chi connectivity index (χ0v) is 11.9. The Labute approximate surface area is 114 Å². The van der Waals surface area contributed by atoms with Crippen LogP contribution in [0.25, 0.3) is 0 Å². The third-order valence-electron chi connectivity index (χ3n) is 3.81. The SMILES string of the molecule is CC(C)(C)c1cccc(OC2(C(=O)O)CCCC2)c1. The molecule has 1 aromatic rings. The molecular formula is C16H22O3. The molecule has 104 valence electrons. The van der Waals surface area contributed by atoms with Gasteiger partial charge in [0.25, 0.3) is 0 Å². The maximum atomic E-state index is 11.5. The Bertz CT molecular complexity index is 465. The zero-order chi connectivity index (χ0) is 14.1. The smallest absolute Gasteiger partial charge is 0.348 e. The van der Waals surface area contributed by atoms with E-state index < -0.39 is 11.6 Å². The van der Waals surface area contributed by atoms with Crippen LogP contribution in [0.4, 0.5) is 0 Å². The van der Waals surface area contributed by atoms with Crippen molar-refractivity contribution >= 4 is 5.97 Å². The second kappa shape index (κ2) is 4.87. The number of carbonyl (C=O) groups is 1. The summed E-state index contributed by atoms with van der Waals surface area (Å²) in [6, 6.07) is 7.79. The van der Waals surface area contributed by atoms with E-state index in [-0.39, 0.29) is 5.41 Å². The average Bonchev–Trinajstić information content (AvgIpc) is 2.78. The van der Waals surface area contributed by atoms with E-state index in [0.29, 0.717) is 18.6 Å². The summed E-state index contributed by atoms with van der Waals surface area (Å²) >= 11 is 0. The summed E-state index contributed by atoms with van der Waals surface area (Å²) in [4.78, 5) is 11.5. The highest BCUT2D eigenvalue weighted by atomic mass is 16.5. The molecule has 0 saturated heterocycles. The van der Waals surface area contributed by atoms with Crippen LogP contribution in [-0.4, -0.2) is 16.7 Å². The van der Waals surface area contributed by atoms with E-state index >= 15 is 0 Å². The number of ether oxygens (including phenoxy) is 1. The highest BCUT2D eigenvalue weighted by molar-refractivity contribution is 5.78. The number of carboxylic acids is 1. The van der Waals surface area contributed by atoms with Crippen LogP contribution >= 0.6 is 0 Å². The van der Waals surface area contributed by atoms with E-state index in [1.54, 1.807) is 0 Å². The summed E-state index contributed by atoms with van der Waals surface area (Å²) in [5.41, 5.74) is 0.172. The standard InChI is InChI=1S/C16H22O3/c1-15(2,3)12-7-6-8-13(11-12)19-16(14(17)18)9-4-5-10-16/h6-8,11H,4-5,9-10H2,1-3H3,(H,17,18). The minimum absolute atomic E-state index is 0.0332. The molecule has 1 aromatic carbocycles. The second-order valence-corrected chi connectivity index (χ2v) is 6.39. The molecule has 1 fully saturated rings. The summed E-state index contributed by atoms with van der Waals surface area (Å²) in [6.07, 6.45) is 3.04. The van der Waals surface area contributed by atoms with Gasteiger partial charge in [-0.25, -0.2) is 4.79 Å². The van der Waals surface area contributed by atoms with Gasteiger partial charge in [-0.05, 0) is 48.8 Å². The molecule has 0 aliphatic heterocycles. The Morgan fingerprint density at radius 1 is 1.26 bits per heavy atom. The monoisotopic (exact) mass is 262 g/mol. The molecule has 0 radical (unpaired) electrons. The fourth-order valence-electron chi connectivity index (χ4n) is 2.56. The maximum Gasteiger partial charge on any atom is 0.348 e. The van der Waals surface area contributed by atoms with Crippen LogP contribution in [0.5, 0.6) is 5.75 Å². The molecular weight excluding hydrogens is 240 g/mol. The van der Waals surface area contributed by atoms with Crippen molar-refractivity contribution in [2.45, 2.75) is 57.5 Å². The van der Waals surface area contributed by atoms with Crippen LogP contribution in [0.2, 0.25) is 0 Å². The molecule has 1 aliphatic carbocycles. The predicted molar refractivity (Wildman–Crippen MR) is 74.6 cm³/mol. The predicted octanol–water partition coefficient (Wildman–Crippen LogP) is 3.76. The summed E-state index contributed by atoms with van der Waals surface area (Å²) in [5, 5.41) is 9.43. The highest BCUT2D eigenvalue weighted by Gasteiger charge is 2.43. The molecule has 2 rings (SSSR count). The molecule has 0 unspecified atom stereocenters. The fourth-order valence-corrected chi connectivity index (χ4v) is 2.56. The molecule has 0 aromatic heterocycles. The first-order valence-corrected chi connectivity index (χ1v) is 6.86. The third-order valence-corrected chi connectivity index (χ3v) is 3.81. The molecule has 1 aliphatic rings. The van der Waals surface area contributed by atoms with Crippen molar-refractivity contribution in [3.8, 4) is 5.75 Å². The quantitative estimate of drug-likeness (QED) is 0.902. The van der Waals surface area contributed by atoms with Gasteiger partial charge >= 0.3 is 5.97 Å². The molecule has 0 heterocycles. The largest absolute Gasteiger partial charge is 0.478 e. The Hall–Kier alpha value is -1.51. The van der Waals surface area contributed by atoms with E-state index in [2.05, 4.69) is 26.8 Å². The molecule has 3 nitrogen and oxygen atoms in total. The molecule has 0 bridgehead atoms. The Balaban J connectivity index is 2.25. The van der Waals surface area contributed by atoms with Crippen LogP contribution in [0.15, 0.2) is 24.3 Å². The molecule has 19 heavy (non-hydrogen) atoms. The lowest BCUT2D eigenvalue weighted by Gasteiger charge is -2.27. The molecule has 0 atom stereocenters. The first-order valence-electron chi connectivity index (χ1n) is 6.86. The van der Waals surface area contributed by atoms with Gasteiger partial charge in [0, 0.05) is 0 Å². The minimum atomic E-state index is -1.02. The van der Waals surface area contributed by atoms with Gasteiger partial charge < -0.3 is 9.84 Å². The molecule has 0 spiro atoms. The van der Waals surface area contributed by atoms with E-state index in [1.807, 2.05) is 18.2 Å². The van der Waals surface area contributed by atoms with Crippen LogP contribution in [-0.2, 0) is 10.2 Å². The second-order valence-electron chi connectivity index (χ2n) is 6.39. The van der Waals surface area contributed by atoms with Gasteiger partial charge in [0.15, 0.2) is 0 Å². The van der Waals surface area contributed by atoms with E-state index in [9.17, 15) is 9.90 Å². The molecule has 3 heteroatoms. The van der Waals surface area contributed by atoms with Crippen LogP contribution < -0.4 is 4.74 Å². The zero-order valence-electron chi connectivity index (χ0n) is 11.9. The Morgan fingerprint density at radius 3 is 2.42 bits per heavy atom. The van der Waals surface area contributed by atoms with Gasteiger partial charge in [0.1, 0.15) is 5.75 Å². The van der Waals surface area contributed by atoms with E-state index in [4.69, 9.17) is 4.74 Å². The Morgan fingerprint density at radius 2 is 1.89 bits per heavy atom. The lowest BCUT2D eigenvalue weighted by Crippen LogP contribution is -2.41. The van der Waals surface area contributed by atoms with Gasteiger partial charge in [0.2, 0.25) is 5.60 Å². The van der Waals surface area contributed by atoms with E-state index in [1.165, 1.54) is 0 Å². The number of benzene rings is 1. The van der Waals surface area contributed by atoms with Gasteiger partial charge in [-0.3, -0.25) is 0 Å². The summed E-state index contributed by atoms with van der Waals surface area (Å²) in [7, 11) is 0. The van der Waals surface area contributed by atoms with Gasteiger partial charge in [-0.1, -0.05) is 32.9 Å². The first kappa shape index (κ1) is 13.9. The number of aliphatic carboxylic acids is 1. The van der Waals surface area contributed by atoms with Gasteiger partial charge in [0.05, 0.1) is 0 Å². The van der Waals surface area contributed by atoms with Crippen molar-refractivity contribution in [1.82, 2.24) is 0 Å². The summed E-state index contributed by atoms with van der Waals surface area (Å²) in [5.74, 6) is -0.178. The summed E-state index contributed by atoms with van der Waals surface area (Å²) < 4.78 is 5.86. The topological polar surface area (TPSA) is 46.5 Å². The lowest BCUT2D eigenvalue weighted by molar-refractivity contribution is -0.154.